The Labute approximate surface area is 231 Å². The molecule has 39 heavy (non-hydrogen) atoms. The number of carbonyl (C=O) groups excluding carboxylic acids is 3. The zero-order valence-electron chi connectivity index (χ0n) is 21.3. The van der Waals surface area contributed by atoms with E-state index < -0.39 is 41.8 Å². The van der Waals surface area contributed by atoms with Crippen molar-refractivity contribution >= 4 is 41.4 Å². The molecule has 0 bridgehead atoms. The molecule has 12 nitrogen and oxygen atoms in total. The highest BCUT2D eigenvalue weighted by atomic mass is 35.5. The summed E-state index contributed by atoms with van der Waals surface area (Å²) in [4.78, 5) is 50.8. The lowest BCUT2D eigenvalue weighted by atomic mass is 9.99. The Morgan fingerprint density at radius 2 is 1.51 bits per heavy atom. The van der Waals surface area contributed by atoms with Gasteiger partial charge in [-0.15, -0.1) is 0 Å². The molecule has 0 fully saturated rings. The number of carboxylic acid groups (broad SMARTS) is 1. The topological polar surface area (TPSA) is 213 Å². The largest absolute Gasteiger partial charge is 0.481 e. The first-order chi connectivity index (χ1) is 18.6. The first-order valence-electron chi connectivity index (χ1n) is 12.3. The minimum absolute atomic E-state index is 0.0872. The van der Waals surface area contributed by atoms with Crippen molar-refractivity contribution < 1.29 is 24.3 Å². The van der Waals surface area contributed by atoms with Crippen LogP contribution in [-0.2, 0) is 25.6 Å². The first-order valence-corrected chi connectivity index (χ1v) is 12.7. The van der Waals surface area contributed by atoms with Crippen LogP contribution in [0.15, 0.2) is 54.6 Å². The second kappa shape index (κ2) is 15.9. The number of carboxylic acids is 1. The summed E-state index contributed by atoms with van der Waals surface area (Å²) in [5.41, 5.74) is 14.1. The zero-order valence-corrected chi connectivity index (χ0v) is 22.0. The number of nitrogens with two attached hydrogens (primary N) is 2. The minimum atomic E-state index is -1.14. The van der Waals surface area contributed by atoms with Gasteiger partial charge < -0.3 is 32.5 Å². The molecule has 0 unspecified atom stereocenters. The molecule has 2 rings (SSSR count). The van der Waals surface area contributed by atoms with Gasteiger partial charge in [0, 0.05) is 31.2 Å². The number of guanidine groups is 1. The van der Waals surface area contributed by atoms with E-state index >= 15 is 0 Å². The van der Waals surface area contributed by atoms with Gasteiger partial charge in [-0.25, -0.2) is 0 Å². The summed E-state index contributed by atoms with van der Waals surface area (Å²) in [6.45, 7) is 0.296. The van der Waals surface area contributed by atoms with Crippen LogP contribution in [-0.4, -0.2) is 59.4 Å². The Morgan fingerprint density at radius 3 is 2.10 bits per heavy atom. The van der Waals surface area contributed by atoms with E-state index in [2.05, 4.69) is 20.8 Å². The molecule has 3 amide bonds. The van der Waals surface area contributed by atoms with E-state index in [-0.39, 0.29) is 31.6 Å². The van der Waals surface area contributed by atoms with Crippen LogP contribution in [0.3, 0.4) is 0 Å². The summed E-state index contributed by atoms with van der Waals surface area (Å²) < 4.78 is 0. The number of amides is 3. The number of primary amides is 1. The Hall–Kier alpha value is -4.16. The van der Waals surface area contributed by atoms with Crippen LogP contribution in [0, 0.1) is 5.41 Å². The van der Waals surface area contributed by atoms with Gasteiger partial charge in [0.2, 0.25) is 23.7 Å². The van der Waals surface area contributed by atoms with E-state index in [0.29, 0.717) is 13.0 Å². The van der Waals surface area contributed by atoms with Gasteiger partial charge in [-0.1, -0.05) is 54.6 Å². The van der Waals surface area contributed by atoms with Crippen LogP contribution in [0.4, 0.5) is 0 Å². The number of carbonyl (C=O) groups is 4. The van der Waals surface area contributed by atoms with Gasteiger partial charge in [-0.3, -0.25) is 29.4 Å². The van der Waals surface area contributed by atoms with Crippen molar-refractivity contribution in [3.05, 3.63) is 60.2 Å². The lowest BCUT2D eigenvalue weighted by Crippen LogP contribution is -2.56. The van der Waals surface area contributed by atoms with Gasteiger partial charge in [-0.2, -0.15) is 0 Å². The van der Waals surface area contributed by atoms with Gasteiger partial charge >= 0.3 is 5.97 Å². The first kappa shape index (κ1) is 31.1. The fraction of sp³-hybridized carbons (Fsp3) is 0.346. The molecule has 10 N–H and O–H groups in total. The van der Waals surface area contributed by atoms with Crippen molar-refractivity contribution in [2.24, 2.45) is 11.5 Å². The Bertz CT molecular complexity index is 1130. The molecule has 2 aromatic rings. The molecular formula is C26H34ClN7O5. The van der Waals surface area contributed by atoms with Gasteiger partial charge in [0.25, 0.3) is 0 Å². The molecular weight excluding hydrogens is 526 g/mol. The molecule has 0 saturated carbocycles. The van der Waals surface area contributed by atoms with Crippen LogP contribution in [0.25, 0.3) is 11.1 Å². The third-order valence-electron chi connectivity index (χ3n) is 5.87. The third kappa shape index (κ3) is 11.0. The van der Waals surface area contributed by atoms with Crippen molar-refractivity contribution in [2.75, 3.05) is 6.54 Å². The number of hydrogen-bond donors (Lipinski definition) is 8. The molecule has 0 saturated heterocycles. The van der Waals surface area contributed by atoms with E-state index in [1.54, 1.807) is 0 Å². The molecule has 0 aliphatic carbocycles. The standard InChI is InChI=1S/C26H34ClN7O5/c27-34-26(30)31-14-4-7-20(23(29)37)32-25(39)21(33-24(38)19(28)12-13-22(35)36)15-16-8-10-18(11-9-16)17-5-2-1-3-6-17/h1-3,5-6,8-11,19-21H,4,7,12-15,28H2,(H2,29,37)(H,32,39)(H,33,38)(H,35,36)(H3,30,31,34)/t19-,20-,21-/m1/s1. The molecule has 0 radical (unpaired) electrons. The van der Waals surface area contributed by atoms with E-state index in [1.165, 1.54) is 0 Å². The molecule has 0 heterocycles. The Morgan fingerprint density at radius 1 is 0.897 bits per heavy atom. The van der Waals surface area contributed by atoms with Crippen molar-refractivity contribution in [3.8, 4) is 11.1 Å². The number of halogens is 1. The van der Waals surface area contributed by atoms with Gasteiger partial charge in [0.05, 0.1) is 6.04 Å². The van der Waals surface area contributed by atoms with E-state index in [0.717, 1.165) is 16.7 Å². The lowest BCUT2D eigenvalue weighted by molar-refractivity contribution is -0.137. The summed E-state index contributed by atoms with van der Waals surface area (Å²) in [5, 5.41) is 24.1. The summed E-state index contributed by atoms with van der Waals surface area (Å²) >= 11 is 5.31. The number of aliphatic carboxylic acids is 1. The van der Waals surface area contributed by atoms with E-state index in [4.69, 9.17) is 33.8 Å². The Balaban J connectivity index is 2.14. The molecule has 0 aliphatic rings. The van der Waals surface area contributed by atoms with Gasteiger partial charge in [0.15, 0.2) is 0 Å². The van der Waals surface area contributed by atoms with E-state index in [9.17, 15) is 19.2 Å². The molecule has 2 aromatic carbocycles. The number of rotatable bonds is 15. The lowest BCUT2D eigenvalue weighted by Gasteiger charge is -2.23. The van der Waals surface area contributed by atoms with Crippen LogP contribution in [0.2, 0.25) is 0 Å². The normalized spacial score (nSPS) is 12.9. The second-order valence-corrected chi connectivity index (χ2v) is 9.06. The smallest absolute Gasteiger partial charge is 0.303 e. The van der Waals surface area contributed by atoms with Gasteiger partial charge in [0.1, 0.15) is 12.1 Å². The fourth-order valence-electron chi connectivity index (χ4n) is 3.71. The van der Waals surface area contributed by atoms with Crippen molar-refractivity contribution in [2.45, 2.75) is 50.2 Å². The number of hydrogen-bond acceptors (Lipinski definition) is 6. The minimum Gasteiger partial charge on any atom is -0.481 e. The molecule has 13 heteroatoms. The maximum atomic E-state index is 13.2. The van der Waals surface area contributed by atoms with Crippen molar-refractivity contribution in [1.29, 1.82) is 5.41 Å². The van der Waals surface area contributed by atoms with Gasteiger partial charge in [-0.05, 0) is 36.0 Å². The zero-order chi connectivity index (χ0) is 28.8. The predicted octanol–water partition coefficient (Wildman–Crippen LogP) is 0.591. The third-order valence-corrected chi connectivity index (χ3v) is 6.05. The van der Waals surface area contributed by atoms with Crippen molar-refractivity contribution in [1.82, 2.24) is 20.8 Å². The molecule has 0 spiro atoms. The van der Waals surface area contributed by atoms with Crippen LogP contribution >= 0.6 is 11.8 Å². The second-order valence-electron chi connectivity index (χ2n) is 8.87. The summed E-state index contributed by atoms with van der Waals surface area (Å²) in [6, 6.07) is 13.9. The Kier molecular flexibility index (Phi) is 12.7. The van der Waals surface area contributed by atoms with Crippen molar-refractivity contribution in [3.63, 3.8) is 0 Å². The quantitative estimate of drug-likeness (QED) is 0.0667. The van der Waals surface area contributed by atoms with Crippen LogP contribution in [0.5, 0.6) is 0 Å². The maximum absolute atomic E-state index is 13.2. The van der Waals surface area contributed by atoms with E-state index in [1.807, 2.05) is 54.6 Å². The SMILES string of the molecule is N=C(NCl)NCCC[C@@H](NC(=O)[C@@H](Cc1ccc(-c2ccccc2)cc1)NC(=O)[C@H](N)CCC(=O)O)C(N)=O. The summed E-state index contributed by atoms with van der Waals surface area (Å²) in [6.07, 6.45) is 0.232. The highest BCUT2D eigenvalue weighted by Crippen LogP contribution is 2.20. The summed E-state index contributed by atoms with van der Waals surface area (Å²) in [5.74, 6) is -3.31. The highest BCUT2D eigenvalue weighted by Gasteiger charge is 2.27. The molecule has 0 aliphatic heterocycles. The number of nitrogens with one attached hydrogen (secondary N) is 5. The molecule has 0 aromatic heterocycles. The average Bonchev–Trinajstić information content (AvgIpc) is 2.93. The van der Waals surface area contributed by atoms with Crippen LogP contribution < -0.4 is 32.3 Å². The monoisotopic (exact) mass is 559 g/mol. The fourth-order valence-corrected chi connectivity index (χ4v) is 3.78. The number of benzene rings is 2. The maximum Gasteiger partial charge on any atom is 0.303 e. The molecule has 210 valence electrons. The molecule has 3 atom stereocenters. The highest BCUT2D eigenvalue weighted by molar-refractivity contribution is 6.21. The predicted molar refractivity (Wildman–Crippen MR) is 147 cm³/mol. The van der Waals surface area contributed by atoms with Crippen LogP contribution in [0.1, 0.15) is 31.2 Å². The average molecular weight is 560 g/mol. The summed E-state index contributed by atoms with van der Waals surface area (Å²) in [7, 11) is 0.